The van der Waals surface area contributed by atoms with Gasteiger partial charge in [0.15, 0.2) is 0 Å². The Morgan fingerprint density at radius 3 is 0.944 bits per heavy atom. The lowest BCUT2D eigenvalue weighted by Gasteiger charge is -2.11. The summed E-state index contributed by atoms with van der Waals surface area (Å²) < 4.78 is 8.72. The number of halogens is 2. The number of benzene rings is 3. The number of carbonyl (C=O) groups is 6. The van der Waals surface area contributed by atoms with Crippen molar-refractivity contribution in [3.05, 3.63) is 115 Å². The van der Waals surface area contributed by atoms with Crippen LogP contribution >= 0.6 is 23.2 Å². The summed E-state index contributed by atoms with van der Waals surface area (Å²) in [7, 11) is 1.35. The molecule has 0 saturated heterocycles. The number of carbonyl (C=O) groups excluding carboxylic acids is 5. The number of ether oxygens (including phenoxy) is 2. The number of Topliss-reactive ketones (excluding diaryl/α,β-unsaturated/α-hetero) is 3. The quantitative estimate of drug-likeness (QED) is 0.0419. The Morgan fingerprint density at radius 2 is 0.811 bits per heavy atom. The average molecular weight is 1320 g/mol. The van der Waals surface area contributed by atoms with Gasteiger partial charge in [0.25, 0.3) is 5.97 Å². The Hall–Kier alpha value is -4.80. The molecule has 0 aliphatic carbocycles. The highest BCUT2D eigenvalue weighted by Crippen LogP contribution is 2.09. The number of hydrogen-bond donors (Lipinski definition) is 6. The van der Waals surface area contributed by atoms with Crippen molar-refractivity contribution >= 4 is 64.5 Å². The molecule has 534 valence electrons. The van der Waals surface area contributed by atoms with E-state index in [1.165, 1.54) is 104 Å². The van der Waals surface area contributed by atoms with E-state index < -0.39 is 5.97 Å². The van der Waals surface area contributed by atoms with Gasteiger partial charge in [0, 0.05) is 59.5 Å². The minimum Gasteiger partial charge on any atom is -0.481 e. The van der Waals surface area contributed by atoms with Crippen molar-refractivity contribution in [1.29, 1.82) is 0 Å². The predicted molar refractivity (Wildman–Crippen MR) is 390 cm³/mol. The number of ketones is 3. The van der Waals surface area contributed by atoms with Crippen LogP contribution in [0.2, 0.25) is 0 Å². The fourth-order valence-corrected chi connectivity index (χ4v) is 4.27. The van der Waals surface area contributed by atoms with Gasteiger partial charge in [0.1, 0.15) is 17.3 Å². The number of alkyl halides is 2. The van der Waals surface area contributed by atoms with Crippen LogP contribution in [0.25, 0.3) is 6.08 Å². The zero-order chi connectivity index (χ0) is 73.4. The number of unbranched alkanes of at least 4 members (excludes halogenated alkanes) is 8. The number of carboxylic acids is 1. The monoisotopic (exact) mass is 1320 g/mol. The van der Waals surface area contributed by atoms with Crippen molar-refractivity contribution in [2.24, 2.45) is 5.41 Å². The third-order valence-electron chi connectivity index (χ3n) is 8.22. The van der Waals surface area contributed by atoms with Crippen LogP contribution in [0, 0.1) is 12.3 Å². The molecule has 0 aromatic heterocycles. The van der Waals surface area contributed by atoms with Crippen LogP contribution in [0.15, 0.2) is 104 Å². The normalized spacial score (nSPS) is 8.90. The second-order valence-electron chi connectivity index (χ2n) is 21.2. The second kappa shape index (κ2) is 109. The van der Waals surface area contributed by atoms with Crippen molar-refractivity contribution in [3.8, 4) is 0 Å². The molecule has 0 saturated carbocycles. The first-order valence-electron chi connectivity index (χ1n) is 31.8. The number of carboxylic acid groups (broad SMARTS) is 1. The van der Waals surface area contributed by atoms with Crippen LogP contribution in [0.3, 0.4) is 0 Å². The third kappa shape index (κ3) is 263. The van der Waals surface area contributed by atoms with E-state index in [2.05, 4.69) is 69.7 Å². The Morgan fingerprint density at radius 1 is 0.533 bits per heavy atom. The fourth-order valence-electron chi connectivity index (χ4n) is 4.27. The van der Waals surface area contributed by atoms with Gasteiger partial charge < -0.3 is 54.5 Å². The molecule has 0 fully saturated rings. The number of aliphatic hydroxyl groups excluding tert-OH is 5. The molecule has 16 heteroatoms. The first kappa shape index (κ1) is 116. The molecule has 0 heterocycles. The van der Waals surface area contributed by atoms with E-state index in [0.717, 1.165) is 51.9 Å². The van der Waals surface area contributed by atoms with E-state index >= 15 is 0 Å². The van der Waals surface area contributed by atoms with Gasteiger partial charge in [-0.25, -0.2) is 0 Å². The molecular weight excluding hydrogens is 1180 g/mol. The molecule has 0 aliphatic heterocycles. The highest BCUT2D eigenvalue weighted by atomic mass is 35.5. The van der Waals surface area contributed by atoms with Gasteiger partial charge in [-0.15, -0.1) is 23.2 Å². The summed E-state index contributed by atoms with van der Waals surface area (Å²) in [5.74, 6) is -0.518. The molecule has 0 bridgehead atoms. The fraction of sp³-hybridized carbons (Fsp3) is 0.649. The Labute approximate surface area is 563 Å². The van der Waals surface area contributed by atoms with E-state index in [1.54, 1.807) is 34.6 Å². The van der Waals surface area contributed by atoms with Crippen molar-refractivity contribution in [1.82, 2.24) is 0 Å². The second-order valence-corrected chi connectivity index (χ2v) is 22.0. The van der Waals surface area contributed by atoms with E-state index in [9.17, 15) is 24.0 Å². The van der Waals surface area contributed by atoms with Gasteiger partial charge in [-0.05, 0) is 113 Å². The first-order chi connectivity index (χ1) is 41.9. The number of hydrogen-bond acceptors (Lipinski definition) is 13. The molecule has 3 rings (SSSR count). The van der Waals surface area contributed by atoms with Gasteiger partial charge >= 0.3 is 11.9 Å². The topological polar surface area (TPSA) is 242 Å². The molecule has 14 nitrogen and oxygen atoms in total. The summed E-state index contributed by atoms with van der Waals surface area (Å²) in [5, 5.41) is 48.5. The van der Waals surface area contributed by atoms with Crippen molar-refractivity contribution in [3.63, 3.8) is 0 Å². The molecular formula is C74H140Cl2O14. The van der Waals surface area contributed by atoms with Crippen molar-refractivity contribution in [2.45, 2.75) is 280 Å². The molecule has 1 atom stereocenters. The first-order valence-corrected chi connectivity index (χ1v) is 32.9. The maximum absolute atomic E-state index is 10.3. The van der Waals surface area contributed by atoms with Gasteiger partial charge in [-0.2, -0.15) is 0 Å². The molecule has 0 amide bonds. The molecule has 0 aliphatic rings. The van der Waals surface area contributed by atoms with Crippen molar-refractivity contribution in [2.75, 3.05) is 32.3 Å². The van der Waals surface area contributed by atoms with Gasteiger partial charge in [0.05, 0.1) is 24.7 Å². The summed E-state index contributed by atoms with van der Waals surface area (Å²) in [6.45, 7) is 46.1. The third-order valence-corrected chi connectivity index (χ3v) is 8.22. The van der Waals surface area contributed by atoms with Gasteiger partial charge in [-0.1, -0.05) is 242 Å². The summed E-state index contributed by atoms with van der Waals surface area (Å²) in [4.78, 5) is 58.4. The predicted octanol–water partition coefficient (Wildman–Crippen LogP) is 19.5. The largest absolute Gasteiger partial charge is 0.481 e. The number of aryl methyl sites for hydroxylation is 1. The van der Waals surface area contributed by atoms with E-state index in [-0.39, 0.29) is 65.8 Å². The van der Waals surface area contributed by atoms with Crippen LogP contribution in [0.5, 0.6) is 0 Å². The van der Waals surface area contributed by atoms with Gasteiger partial charge in [0.2, 0.25) is 0 Å². The Bertz CT molecular complexity index is 1700. The standard InChI is InChI=1S/C8H8.C7H14O.C7H8.C6H14O.C6H6.C6H14.C5H10O2.2C5H12O.C5H10O.C3H6O2.C3H8O.C3H6O.C2H4O2.C2H6O.CH2Cl2/c1-2-8-6-4-3-5-7-8;1-3-4-5-6-7(2)8;1-7-5-3-2-4-6-7;1-2-3-4-5-6-7;1-2-4-6-5-3-1;1-3-5-6-4-2;1-4(2)7-5(3)6;1-5(2,3)4-6;2*1-3-4-5(2)6;1-3(4)5-2;2*1-3(2)4;1-2(3)4;1-2-3;2-1-3/h2-7H,1H2;3-6H2,1-2H3;2-6H,1H3;7H,2-6H2,1H3;1-6H;3-6H2,1-2H3;4H,1-3H3;6H,4H2,1-3H3;5-6H,3-4H2,1-2H3;3-4H2,1-2H3;1-2H3;3-4H,1-2H3;1-2H3;1H3,(H,3,4);3H,2H2,1H3;1H2. The molecule has 0 spiro atoms. The highest BCUT2D eigenvalue weighted by molar-refractivity contribution is 6.40. The minimum absolute atomic E-state index is 0.0255. The molecule has 3 aromatic carbocycles. The zero-order valence-electron chi connectivity index (χ0n) is 61.6. The molecule has 90 heavy (non-hydrogen) atoms. The SMILES string of the molecule is C=Cc1ccccc1.CC(=O)O.CC(=O)OC(C)C.CC(C)(C)CO.CC(C)=O.CC(C)O.CCCC(C)=O.CCCC(C)O.CCCCCC.CCCCCC(C)=O.CCCCCCO.CCO.COC(C)=O.Cc1ccccc1.ClCCl.c1ccccc1. The van der Waals surface area contributed by atoms with Crippen LogP contribution in [0.4, 0.5) is 0 Å². The summed E-state index contributed by atoms with van der Waals surface area (Å²) in [6.07, 6.45) is 19.8. The van der Waals surface area contributed by atoms with Gasteiger partial charge in [-0.3, -0.25) is 14.4 Å². The van der Waals surface area contributed by atoms with Crippen LogP contribution in [-0.4, -0.2) is 116 Å². The molecule has 6 N–H and O–H groups in total. The zero-order valence-corrected chi connectivity index (χ0v) is 63.1. The number of rotatable bonds is 17. The smallest absolute Gasteiger partial charge is 0.302 e. The number of aliphatic hydroxyl groups is 5. The maximum atomic E-state index is 10.3. The summed E-state index contributed by atoms with van der Waals surface area (Å²) in [6, 6.07) is 32.3. The average Bonchev–Trinajstić information content (AvgIpc) is 3.45. The molecule has 0 radical (unpaired) electrons. The number of esters is 2. The van der Waals surface area contributed by atoms with Crippen LogP contribution in [-0.2, 0) is 38.2 Å². The highest BCUT2D eigenvalue weighted by Gasteiger charge is 2.05. The number of methoxy groups -OCH3 is 1. The van der Waals surface area contributed by atoms with E-state index in [4.69, 9.17) is 58.6 Å². The van der Waals surface area contributed by atoms with Crippen LogP contribution in [0.1, 0.15) is 266 Å². The Balaban J connectivity index is -0.0000000643. The minimum atomic E-state index is -0.833. The van der Waals surface area contributed by atoms with Crippen molar-refractivity contribution < 1.29 is 68.9 Å². The Kier molecular flexibility index (Phi) is 140. The van der Waals surface area contributed by atoms with Crippen LogP contribution < -0.4 is 0 Å². The lowest BCUT2D eigenvalue weighted by molar-refractivity contribution is -0.144. The maximum Gasteiger partial charge on any atom is 0.302 e. The summed E-state index contributed by atoms with van der Waals surface area (Å²) >= 11 is 9.53. The lowest BCUT2D eigenvalue weighted by atomic mass is 9.99. The van der Waals surface area contributed by atoms with E-state index in [1.807, 2.05) is 139 Å². The molecule has 1 unspecified atom stereocenters. The van der Waals surface area contributed by atoms with E-state index in [0.29, 0.717) is 12.4 Å². The molecule has 3 aromatic rings. The summed E-state index contributed by atoms with van der Waals surface area (Å²) in [5.41, 5.74) is 2.59. The lowest BCUT2D eigenvalue weighted by Crippen LogP contribution is -2.09. The number of aliphatic carboxylic acids is 1.